The monoisotopic (exact) mass is 531 g/mol. The number of rotatable bonds is 11. The Morgan fingerprint density at radius 2 is 1.85 bits per heavy atom. The molecule has 0 radical (unpaired) electrons. The zero-order chi connectivity index (χ0) is 28.3. The van der Waals surface area contributed by atoms with Crippen LogP contribution in [0.2, 0.25) is 0 Å². The zero-order valence-corrected chi connectivity index (χ0v) is 23.2. The van der Waals surface area contributed by atoms with Crippen LogP contribution in [0.5, 0.6) is 5.75 Å². The lowest BCUT2D eigenvalue weighted by molar-refractivity contribution is -0.143. The molecule has 39 heavy (non-hydrogen) atoms. The number of carbonyl (C=O) groups is 3. The van der Waals surface area contributed by atoms with Gasteiger partial charge in [0.05, 0.1) is 11.3 Å². The third-order valence-electron chi connectivity index (χ3n) is 7.34. The van der Waals surface area contributed by atoms with E-state index >= 15 is 0 Å². The predicted octanol–water partition coefficient (Wildman–Crippen LogP) is 4.23. The first-order chi connectivity index (χ1) is 18.7. The Labute approximate surface area is 230 Å². The van der Waals surface area contributed by atoms with Gasteiger partial charge in [0.1, 0.15) is 18.1 Å². The summed E-state index contributed by atoms with van der Waals surface area (Å²) >= 11 is 0. The number of aliphatic hydroxyl groups is 1. The van der Waals surface area contributed by atoms with Crippen LogP contribution in [0.1, 0.15) is 42.9 Å². The van der Waals surface area contributed by atoms with Gasteiger partial charge in [-0.15, -0.1) is 0 Å². The first kappa shape index (κ1) is 28.1. The first-order valence-corrected chi connectivity index (χ1v) is 13.4. The predicted molar refractivity (Wildman–Crippen MR) is 152 cm³/mol. The number of ketones is 1. The van der Waals surface area contributed by atoms with Gasteiger partial charge in [-0.3, -0.25) is 14.4 Å². The number of Topliss-reactive ketones (excluding diaryl/α,β-unsaturated/α-hetero) is 1. The molecule has 1 N–H and O–H groups in total. The number of anilines is 1. The molecule has 2 aliphatic heterocycles. The average Bonchev–Trinajstić information content (AvgIpc) is 3.29. The van der Waals surface area contributed by atoms with Crippen LogP contribution >= 0.6 is 0 Å². The summed E-state index contributed by atoms with van der Waals surface area (Å²) in [6.45, 7) is 9.16. The third kappa shape index (κ3) is 4.74. The summed E-state index contributed by atoms with van der Waals surface area (Å²) in [4.78, 5) is 46.9. The van der Waals surface area contributed by atoms with Crippen LogP contribution in [-0.4, -0.2) is 72.8 Å². The normalized spacial score (nSPS) is 19.9. The standard InChI is InChI=1S/C31H37N3O5/c1-6-8-17-33-24-13-10-9-12-23(24)31(30(33)38)26(28(36)29(37)34(31)18-11-16-32(4)5)27(35)22-14-15-25(21(3)20-22)39-19-7-2/h7,9-10,12-15,20,35H,2,6,8,11,16-19H2,1,3-5H3/t31-/m0/s1. The number of aliphatic hydroxyl groups excluding tert-OH is 1. The van der Waals surface area contributed by atoms with Gasteiger partial charge in [0.25, 0.3) is 17.6 Å². The molecular formula is C31H37N3O5. The van der Waals surface area contributed by atoms with Crippen molar-refractivity contribution in [2.24, 2.45) is 0 Å². The van der Waals surface area contributed by atoms with Gasteiger partial charge in [0.2, 0.25) is 0 Å². The number of hydrogen-bond donors (Lipinski definition) is 1. The average molecular weight is 532 g/mol. The first-order valence-electron chi connectivity index (χ1n) is 13.4. The molecular weight excluding hydrogens is 494 g/mol. The Bertz CT molecular complexity index is 1330. The minimum Gasteiger partial charge on any atom is -0.507 e. The second-order valence-electron chi connectivity index (χ2n) is 10.3. The maximum absolute atomic E-state index is 14.5. The summed E-state index contributed by atoms with van der Waals surface area (Å²) in [5.74, 6) is -1.79. The molecule has 2 aromatic rings. The number of unbranched alkanes of at least 4 members (excludes halogenated alkanes) is 1. The van der Waals surface area contributed by atoms with Crippen LogP contribution in [-0.2, 0) is 19.9 Å². The Balaban J connectivity index is 1.94. The summed E-state index contributed by atoms with van der Waals surface area (Å²) in [7, 11) is 3.86. The van der Waals surface area contributed by atoms with E-state index in [1.165, 1.54) is 4.90 Å². The van der Waals surface area contributed by atoms with Gasteiger partial charge >= 0.3 is 0 Å². The molecule has 1 fully saturated rings. The van der Waals surface area contributed by atoms with E-state index in [9.17, 15) is 19.5 Å². The molecule has 206 valence electrons. The van der Waals surface area contributed by atoms with Crippen molar-refractivity contribution in [1.82, 2.24) is 9.80 Å². The van der Waals surface area contributed by atoms with Gasteiger partial charge in [-0.2, -0.15) is 0 Å². The van der Waals surface area contributed by atoms with E-state index in [0.29, 0.717) is 48.7 Å². The number of aryl methyl sites for hydroxylation is 1. The van der Waals surface area contributed by atoms with Crippen LogP contribution < -0.4 is 9.64 Å². The Morgan fingerprint density at radius 3 is 2.51 bits per heavy atom. The van der Waals surface area contributed by atoms with Crippen molar-refractivity contribution in [1.29, 1.82) is 0 Å². The molecule has 1 spiro atoms. The summed E-state index contributed by atoms with van der Waals surface area (Å²) in [5.41, 5.74) is 0.346. The Morgan fingerprint density at radius 1 is 1.10 bits per heavy atom. The highest BCUT2D eigenvalue weighted by atomic mass is 16.5. The molecule has 2 heterocycles. The van der Waals surface area contributed by atoms with Gasteiger partial charge in [0, 0.05) is 24.2 Å². The highest BCUT2D eigenvalue weighted by molar-refractivity contribution is 6.50. The maximum Gasteiger partial charge on any atom is 0.296 e. The smallest absolute Gasteiger partial charge is 0.296 e. The van der Waals surface area contributed by atoms with Gasteiger partial charge in [-0.25, -0.2) is 0 Å². The highest BCUT2D eigenvalue weighted by Crippen LogP contribution is 2.53. The van der Waals surface area contributed by atoms with E-state index in [4.69, 9.17) is 4.74 Å². The van der Waals surface area contributed by atoms with Crippen LogP contribution in [0.15, 0.2) is 60.7 Å². The number of likely N-dealkylation sites (tertiary alicyclic amines) is 1. The van der Waals surface area contributed by atoms with E-state index in [2.05, 4.69) is 6.58 Å². The van der Waals surface area contributed by atoms with Gasteiger partial charge < -0.3 is 24.5 Å². The minimum atomic E-state index is -1.74. The number of fused-ring (bicyclic) bond motifs is 2. The van der Waals surface area contributed by atoms with E-state index in [0.717, 1.165) is 18.4 Å². The molecule has 0 bridgehead atoms. The fourth-order valence-corrected chi connectivity index (χ4v) is 5.50. The fraction of sp³-hybridized carbons (Fsp3) is 0.387. The molecule has 0 aromatic heterocycles. The van der Waals surface area contributed by atoms with Crippen molar-refractivity contribution < 1.29 is 24.2 Å². The van der Waals surface area contributed by atoms with Crippen molar-refractivity contribution in [3.05, 3.63) is 77.4 Å². The van der Waals surface area contributed by atoms with Crippen LogP contribution in [0, 0.1) is 6.92 Å². The van der Waals surface area contributed by atoms with Crippen LogP contribution in [0.25, 0.3) is 5.76 Å². The molecule has 1 atom stereocenters. The zero-order valence-electron chi connectivity index (χ0n) is 23.2. The molecule has 4 rings (SSSR count). The number of carbonyl (C=O) groups excluding carboxylic acids is 3. The molecule has 2 aromatic carbocycles. The second-order valence-corrected chi connectivity index (χ2v) is 10.3. The highest BCUT2D eigenvalue weighted by Gasteiger charge is 2.66. The van der Waals surface area contributed by atoms with E-state index in [1.54, 1.807) is 41.3 Å². The Kier molecular flexibility index (Phi) is 8.25. The molecule has 8 nitrogen and oxygen atoms in total. The number of ether oxygens (including phenoxy) is 1. The number of nitrogens with zero attached hydrogens (tertiary/aromatic N) is 3. The molecule has 2 amide bonds. The third-order valence-corrected chi connectivity index (χ3v) is 7.34. The van der Waals surface area contributed by atoms with Crippen LogP contribution in [0.3, 0.4) is 0 Å². The van der Waals surface area contributed by atoms with Crippen LogP contribution in [0.4, 0.5) is 5.69 Å². The second kappa shape index (κ2) is 11.5. The van der Waals surface area contributed by atoms with Gasteiger partial charge in [0.15, 0.2) is 5.54 Å². The van der Waals surface area contributed by atoms with Gasteiger partial charge in [-0.05, 0) is 70.2 Å². The van der Waals surface area contributed by atoms with Crippen molar-refractivity contribution >= 4 is 29.0 Å². The quantitative estimate of drug-likeness (QED) is 0.202. The van der Waals surface area contributed by atoms with Gasteiger partial charge in [-0.1, -0.05) is 44.2 Å². The SMILES string of the molecule is C=CCOc1ccc(C(O)=C2C(=O)C(=O)N(CCCN(C)C)[C@]23C(=O)N(CCCC)c2ccccc23)cc1C. The summed E-state index contributed by atoms with van der Waals surface area (Å²) < 4.78 is 5.66. The molecule has 8 heteroatoms. The lowest BCUT2D eigenvalue weighted by atomic mass is 9.81. The number of para-hydroxylation sites is 1. The van der Waals surface area contributed by atoms with Crippen molar-refractivity contribution in [2.45, 2.75) is 38.6 Å². The largest absolute Gasteiger partial charge is 0.507 e. The minimum absolute atomic E-state index is 0.187. The van der Waals surface area contributed by atoms with Crippen molar-refractivity contribution in [3.63, 3.8) is 0 Å². The molecule has 0 aliphatic carbocycles. The summed E-state index contributed by atoms with van der Waals surface area (Å²) in [6.07, 6.45) is 3.82. The number of hydrogen-bond acceptors (Lipinski definition) is 6. The lowest BCUT2D eigenvalue weighted by Crippen LogP contribution is -2.52. The number of benzene rings is 2. The molecule has 2 aliphatic rings. The van der Waals surface area contributed by atoms with Crippen molar-refractivity contribution in [2.75, 3.05) is 45.2 Å². The van der Waals surface area contributed by atoms with E-state index < -0.39 is 17.2 Å². The van der Waals surface area contributed by atoms with E-state index in [-0.39, 0.29) is 23.8 Å². The molecule has 0 saturated carbocycles. The summed E-state index contributed by atoms with van der Waals surface area (Å²) in [5, 5.41) is 11.7. The van der Waals surface area contributed by atoms with E-state index in [1.807, 2.05) is 45.0 Å². The Hall–Kier alpha value is -3.91. The molecule has 0 unspecified atom stereocenters. The lowest BCUT2D eigenvalue weighted by Gasteiger charge is -2.35. The summed E-state index contributed by atoms with van der Waals surface area (Å²) in [6, 6.07) is 12.3. The van der Waals surface area contributed by atoms with Crippen molar-refractivity contribution in [3.8, 4) is 5.75 Å². The number of amides is 2. The molecule has 1 saturated heterocycles. The fourth-order valence-electron chi connectivity index (χ4n) is 5.50. The maximum atomic E-state index is 14.5. The topological polar surface area (TPSA) is 90.4 Å².